The number of carbonyl (C=O) groups is 4. The Labute approximate surface area is 375 Å². The van der Waals surface area contributed by atoms with Gasteiger partial charge >= 0.3 is 11.9 Å². The average Bonchev–Trinajstić information content (AvgIpc) is 3.35. The van der Waals surface area contributed by atoms with Crippen LogP contribution in [0.25, 0.3) is 0 Å². The summed E-state index contributed by atoms with van der Waals surface area (Å²) in [5.41, 5.74) is 12.3. The van der Waals surface area contributed by atoms with Crippen LogP contribution in [0.3, 0.4) is 0 Å². The van der Waals surface area contributed by atoms with Crippen LogP contribution in [0.2, 0.25) is 0 Å². The standard InChI is InChI=1S/C54H56N2O8/c1-63-53(61)35-19-43-13-29-49(30-14-43)56(50-31-15-44(16-32-50)20-36-54(62)64-2)46-23-7-40(8-24-46)4-3-39-5-21-45(22-6-39)55(47-25-9-41(10-26-47)17-33-51(59)37-57)48-27-11-42(12-28-48)18-34-52(60)38-58/h5-16,21-32,57-58H,3-4,17-20,33-38H2,1-2H3. The largest absolute Gasteiger partial charge is 0.469 e. The summed E-state index contributed by atoms with van der Waals surface area (Å²) in [7, 11) is 2.80. The van der Waals surface area contributed by atoms with Crippen molar-refractivity contribution in [2.45, 2.75) is 64.2 Å². The van der Waals surface area contributed by atoms with Crippen LogP contribution < -0.4 is 9.80 Å². The number of ketones is 2. The molecule has 0 heterocycles. The van der Waals surface area contributed by atoms with Crippen LogP contribution >= 0.6 is 0 Å². The Bertz CT molecular complexity index is 2130. The molecule has 0 amide bonds. The summed E-state index contributed by atoms with van der Waals surface area (Å²) in [5, 5.41) is 18.3. The van der Waals surface area contributed by atoms with Gasteiger partial charge in [-0.3, -0.25) is 19.2 Å². The van der Waals surface area contributed by atoms with E-state index in [1.165, 1.54) is 25.3 Å². The van der Waals surface area contributed by atoms with Gasteiger partial charge in [0.1, 0.15) is 13.2 Å². The lowest BCUT2D eigenvalue weighted by atomic mass is 10.0. The van der Waals surface area contributed by atoms with Crippen LogP contribution in [0.4, 0.5) is 34.1 Å². The second-order valence-corrected chi connectivity index (χ2v) is 15.7. The van der Waals surface area contributed by atoms with Gasteiger partial charge in [0.2, 0.25) is 0 Å². The zero-order valence-electron chi connectivity index (χ0n) is 36.6. The van der Waals surface area contributed by atoms with Crippen molar-refractivity contribution in [2.24, 2.45) is 0 Å². The highest BCUT2D eigenvalue weighted by molar-refractivity contribution is 5.81. The number of ether oxygens (including phenoxy) is 2. The number of anilines is 6. The van der Waals surface area contributed by atoms with Crippen molar-refractivity contribution in [3.63, 3.8) is 0 Å². The van der Waals surface area contributed by atoms with Crippen molar-refractivity contribution < 1.29 is 38.9 Å². The van der Waals surface area contributed by atoms with E-state index in [0.29, 0.717) is 38.5 Å². The second-order valence-electron chi connectivity index (χ2n) is 15.7. The zero-order valence-corrected chi connectivity index (χ0v) is 36.6. The SMILES string of the molecule is COC(=O)CCc1ccc(N(c2ccc(CCC(=O)OC)cc2)c2ccc(CCc3ccc(N(c4ccc(CCC(=O)CO)cc4)c4ccc(CCC(=O)CO)cc4)cc3)cc2)cc1. The molecule has 0 aliphatic carbocycles. The predicted octanol–water partition coefficient (Wildman–Crippen LogP) is 9.61. The number of esters is 2. The summed E-state index contributed by atoms with van der Waals surface area (Å²) in [5.74, 6) is -0.843. The molecule has 2 N–H and O–H groups in total. The number of benzene rings is 6. The summed E-state index contributed by atoms with van der Waals surface area (Å²) in [4.78, 5) is 51.3. The number of Topliss-reactive ketones (excluding diaryl/α,β-unsaturated/α-hetero) is 2. The Morgan fingerprint density at radius 1 is 0.344 bits per heavy atom. The first-order valence-electron chi connectivity index (χ1n) is 21.7. The number of methoxy groups -OCH3 is 2. The molecule has 0 fully saturated rings. The second kappa shape index (κ2) is 23.5. The third-order valence-electron chi connectivity index (χ3n) is 11.3. The third-order valence-corrected chi connectivity index (χ3v) is 11.3. The summed E-state index contributed by atoms with van der Waals surface area (Å²) in [6, 6.07) is 49.8. The van der Waals surface area contributed by atoms with E-state index in [4.69, 9.17) is 19.7 Å². The Hall–Kier alpha value is -6.88. The Morgan fingerprint density at radius 2 is 0.547 bits per heavy atom. The first kappa shape index (κ1) is 46.6. The molecule has 0 saturated carbocycles. The van der Waals surface area contributed by atoms with Crippen LogP contribution in [-0.2, 0) is 67.2 Å². The van der Waals surface area contributed by atoms with Gasteiger partial charge in [0.15, 0.2) is 11.6 Å². The summed E-state index contributed by atoms with van der Waals surface area (Å²) in [6.45, 7) is -0.899. The molecule has 0 aliphatic rings. The van der Waals surface area contributed by atoms with Gasteiger partial charge < -0.3 is 29.5 Å². The molecule has 0 saturated heterocycles. The molecular weight excluding hydrogens is 805 g/mol. The van der Waals surface area contributed by atoms with E-state index < -0.39 is 13.2 Å². The van der Waals surface area contributed by atoms with E-state index in [1.807, 2.05) is 72.8 Å². The van der Waals surface area contributed by atoms with Crippen molar-refractivity contribution in [3.05, 3.63) is 179 Å². The smallest absolute Gasteiger partial charge is 0.305 e. The molecule has 330 valence electrons. The van der Waals surface area contributed by atoms with Crippen molar-refractivity contribution in [1.82, 2.24) is 0 Å². The number of hydrogen-bond donors (Lipinski definition) is 2. The van der Waals surface area contributed by atoms with E-state index in [0.717, 1.165) is 69.2 Å². The highest BCUT2D eigenvalue weighted by Gasteiger charge is 2.16. The first-order chi connectivity index (χ1) is 31.2. The minimum atomic E-state index is -0.450. The fraction of sp³-hybridized carbons (Fsp3) is 0.259. The Morgan fingerprint density at radius 3 is 0.750 bits per heavy atom. The highest BCUT2D eigenvalue weighted by atomic mass is 16.5. The van der Waals surface area contributed by atoms with Crippen LogP contribution in [0.1, 0.15) is 59.1 Å². The lowest BCUT2D eigenvalue weighted by Crippen LogP contribution is -2.11. The van der Waals surface area contributed by atoms with Crippen molar-refractivity contribution >= 4 is 57.6 Å². The molecular formula is C54H56N2O8. The first-order valence-corrected chi connectivity index (χ1v) is 21.7. The third kappa shape index (κ3) is 13.3. The lowest BCUT2D eigenvalue weighted by molar-refractivity contribution is -0.141. The molecule has 6 aromatic carbocycles. The Kier molecular flexibility index (Phi) is 17.1. The molecule has 0 bridgehead atoms. The maximum Gasteiger partial charge on any atom is 0.305 e. The van der Waals surface area contributed by atoms with E-state index in [9.17, 15) is 19.2 Å². The highest BCUT2D eigenvalue weighted by Crippen LogP contribution is 2.37. The number of carbonyl (C=O) groups excluding carboxylic acids is 4. The van der Waals surface area contributed by atoms with E-state index >= 15 is 0 Å². The summed E-state index contributed by atoms with van der Waals surface area (Å²) < 4.78 is 9.65. The molecule has 6 rings (SSSR count). The van der Waals surface area contributed by atoms with Crippen LogP contribution in [0.15, 0.2) is 146 Å². The number of aliphatic hydroxyl groups excluding tert-OH is 2. The Balaban J connectivity index is 1.18. The van der Waals surface area contributed by atoms with Crippen molar-refractivity contribution in [2.75, 3.05) is 37.2 Å². The number of aryl methyl sites for hydroxylation is 6. The number of nitrogens with zero attached hydrogens (tertiary/aromatic N) is 2. The fourth-order valence-corrected chi connectivity index (χ4v) is 7.48. The van der Waals surface area contributed by atoms with Crippen molar-refractivity contribution in [3.8, 4) is 0 Å². The average molecular weight is 861 g/mol. The minimum absolute atomic E-state index is 0.184. The van der Waals surface area contributed by atoms with Gasteiger partial charge in [-0.15, -0.1) is 0 Å². The topological polar surface area (TPSA) is 134 Å². The molecule has 0 aromatic heterocycles. The minimum Gasteiger partial charge on any atom is -0.469 e. The van der Waals surface area contributed by atoms with Gasteiger partial charge in [0, 0.05) is 59.8 Å². The van der Waals surface area contributed by atoms with Gasteiger partial charge in [-0.25, -0.2) is 0 Å². The molecule has 0 radical (unpaired) electrons. The van der Waals surface area contributed by atoms with Gasteiger partial charge in [-0.1, -0.05) is 72.8 Å². The summed E-state index contributed by atoms with van der Waals surface area (Å²) in [6.07, 6.45) is 5.19. The maximum atomic E-state index is 11.8. The molecule has 0 aliphatic heterocycles. The normalized spacial score (nSPS) is 10.9. The van der Waals surface area contributed by atoms with Crippen LogP contribution in [0.5, 0.6) is 0 Å². The number of rotatable bonds is 23. The van der Waals surface area contributed by atoms with E-state index in [-0.39, 0.29) is 36.3 Å². The van der Waals surface area contributed by atoms with Crippen LogP contribution in [0, 0.1) is 0 Å². The van der Waals surface area contributed by atoms with Gasteiger partial charge in [-0.05, 0) is 145 Å². The fourth-order valence-electron chi connectivity index (χ4n) is 7.48. The zero-order chi connectivity index (χ0) is 45.3. The molecule has 64 heavy (non-hydrogen) atoms. The van der Waals surface area contributed by atoms with E-state index in [2.05, 4.69) is 82.6 Å². The molecule has 0 unspecified atom stereocenters. The molecule has 0 atom stereocenters. The molecule has 10 nitrogen and oxygen atoms in total. The van der Waals surface area contributed by atoms with Crippen LogP contribution in [-0.4, -0.2) is 61.2 Å². The van der Waals surface area contributed by atoms with Crippen molar-refractivity contribution in [1.29, 1.82) is 0 Å². The number of hydrogen-bond acceptors (Lipinski definition) is 10. The molecule has 0 spiro atoms. The van der Waals surface area contributed by atoms with E-state index in [1.54, 1.807) is 0 Å². The van der Waals surface area contributed by atoms with Gasteiger partial charge in [0.25, 0.3) is 0 Å². The quantitative estimate of drug-likeness (QED) is 0.0600. The van der Waals surface area contributed by atoms with Gasteiger partial charge in [0.05, 0.1) is 14.2 Å². The molecule has 10 heteroatoms. The monoisotopic (exact) mass is 860 g/mol. The molecule has 6 aromatic rings. The predicted molar refractivity (Wildman–Crippen MR) is 251 cm³/mol. The number of aliphatic hydroxyl groups is 2. The summed E-state index contributed by atoms with van der Waals surface area (Å²) >= 11 is 0. The maximum absolute atomic E-state index is 11.8. The van der Waals surface area contributed by atoms with Gasteiger partial charge in [-0.2, -0.15) is 0 Å². The lowest BCUT2D eigenvalue weighted by Gasteiger charge is -2.26.